The zero-order valence-electron chi connectivity index (χ0n) is 18.4. The Labute approximate surface area is 184 Å². The fraction of sp³-hybridized carbons (Fsp3) is 0.667. The van der Waals surface area contributed by atoms with Crippen LogP contribution in [0.25, 0.3) is 0 Å². The number of ether oxygens (including phenoxy) is 3. The number of halogens is 4. The van der Waals surface area contributed by atoms with Gasteiger partial charge in [0.15, 0.2) is 6.10 Å². The molecule has 32 heavy (non-hydrogen) atoms. The van der Waals surface area contributed by atoms with Crippen LogP contribution in [0.1, 0.15) is 19.4 Å². The number of aliphatic hydroxyl groups is 2. The van der Waals surface area contributed by atoms with Gasteiger partial charge < -0.3 is 29.3 Å². The smallest absolute Gasteiger partial charge is 0.417 e. The maximum Gasteiger partial charge on any atom is 0.417 e. The third-order valence-electron chi connectivity index (χ3n) is 5.19. The van der Waals surface area contributed by atoms with Crippen LogP contribution in [0, 0.1) is 0 Å². The zero-order chi connectivity index (χ0) is 24.1. The van der Waals surface area contributed by atoms with Crippen LogP contribution in [0.4, 0.5) is 17.6 Å². The van der Waals surface area contributed by atoms with Crippen LogP contribution in [-0.2, 0) is 16.1 Å². The minimum Gasteiger partial charge on any atom is -0.491 e. The summed E-state index contributed by atoms with van der Waals surface area (Å²) >= 11 is 0. The number of aliphatic hydroxyl groups excluding tert-OH is 2. The van der Waals surface area contributed by atoms with E-state index in [4.69, 9.17) is 14.2 Å². The number of hydrogen-bond acceptors (Lipinski definition) is 6. The number of nitrogens with zero attached hydrogens (tertiary/aromatic N) is 2. The second-order valence-electron chi connectivity index (χ2n) is 7.80. The molecule has 7 nitrogen and oxygen atoms in total. The van der Waals surface area contributed by atoms with E-state index in [1.54, 1.807) is 25.9 Å². The van der Waals surface area contributed by atoms with Gasteiger partial charge in [-0.3, -0.25) is 4.99 Å². The summed E-state index contributed by atoms with van der Waals surface area (Å²) < 4.78 is 69.1. The highest BCUT2D eigenvalue weighted by Crippen LogP contribution is 2.34. The molecule has 11 heteroatoms. The predicted molar refractivity (Wildman–Crippen MR) is 109 cm³/mol. The first-order valence-electron chi connectivity index (χ1n) is 10.1. The van der Waals surface area contributed by atoms with E-state index in [0.29, 0.717) is 17.1 Å². The second-order valence-corrected chi connectivity index (χ2v) is 7.80. The minimum absolute atomic E-state index is 0.122. The molecule has 0 aliphatic carbocycles. The van der Waals surface area contributed by atoms with Gasteiger partial charge in [0.05, 0.1) is 18.5 Å². The summed E-state index contributed by atoms with van der Waals surface area (Å²) in [6.45, 7) is 1.96. The number of alkyl halides is 4. The van der Waals surface area contributed by atoms with E-state index in [2.05, 4.69) is 4.99 Å². The standard InChI is InChI=1S/C21H30F4N2O5/c1-12-16(26-13(2)27(3)4)17(28)18(29)19(32-12)20(21(23,24)25)31-11-14-5-7-15(8-6-14)30-10-9-22/h5-8,12,16-20,28-29H,9-11H2,1-4H3. The van der Waals surface area contributed by atoms with Crippen LogP contribution in [0.15, 0.2) is 29.3 Å². The summed E-state index contributed by atoms with van der Waals surface area (Å²) in [6.07, 6.45) is -13.5. The lowest BCUT2D eigenvalue weighted by molar-refractivity contribution is -0.293. The molecule has 0 bridgehead atoms. The number of aliphatic imine (C=N–C) groups is 1. The molecular formula is C21H30F4N2O5. The number of rotatable bonds is 8. The molecule has 1 fully saturated rings. The third kappa shape index (κ3) is 6.77. The molecule has 0 aromatic heterocycles. The molecule has 0 saturated carbocycles. The maximum absolute atomic E-state index is 13.8. The summed E-state index contributed by atoms with van der Waals surface area (Å²) in [6, 6.07) is 5.03. The van der Waals surface area contributed by atoms with Crippen LogP contribution < -0.4 is 4.74 Å². The second kappa shape index (κ2) is 11.3. The van der Waals surface area contributed by atoms with Crippen LogP contribution in [0.5, 0.6) is 5.75 Å². The Morgan fingerprint density at radius 1 is 1.19 bits per heavy atom. The van der Waals surface area contributed by atoms with E-state index < -0.39 is 56.0 Å². The van der Waals surface area contributed by atoms with E-state index >= 15 is 0 Å². The molecule has 1 heterocycles. The lowest BCUT2D eigenvalue weighted by atomic mass is 9.91. The van der Waals surface area contributed by atoms with Crippen molar-refractivity contribution in [1.82, 2.24) is 4.90 Å². The molecule has 182 valence electrons. The van der Waals surface area contributed by atoms with Gasteiger partial charge in [-0.1, -0.05) is 12.1 Å². The Bertz CT molecular complexity index is 745. The van der Waals surface area contributed by atoms with Crippen molar-refractivity contribution in [3.8, 4) is 5.75 Å². The van der Waals surface area contributed by atoms with Crippen LogP contribution in [-0.4, -0.2) is 91.1 Å². The Hall–Kier alpha value is -1.95. The van der Waals surface area contributed by atoms with Crippen molar-refractivity contribution in [3.63, 3.8) is 0 Å². The molecule has 1 aliphatic heterocycles. The molecule has 1 aromatic carbocycles. The molecule has 0 amide bonds. The van der Waals surface area contributed by atoms with E-state index in [1.807, 2.05) is 0 Å². The third-order valence-corrected chi connectivity index (χ3v) is 5.19. The molecule has 0 radical (unpaired) electrons. The van der Waals surface area contributed by atoms with Crippen molar-refractivity contribution >= 4 is 5.84 Å². The van der Waals surface area contributed by atoms with E-state index in [1.165, 1.54) is 31.2 Å². The van der Waals surface area contributed by atoms with Gasteiger partial charge in [-0.15, -0.1) is 0 Å². The molecule has 6 unspecified atom stereocenters. The fourth-order valence-corrected chi connectivity index (χ4v) is 3.25. The first-order valence-corrected chi connectivity index (χ1v) is 10.1. The van der Waals surface area contributed by atoms with Crippen LogP contribution in [0.2, 0.25) is 0 Å². The van der Waals surface area contributed by atoms with E-state index in [0.717, 1.165) is 0 Å². The molecule has 1 aliphatic rings. The van der Waals surface area contributed by atoms with Crippen molar-refractivity contribution in [2.24, 2.45) is 4.99 Å². The van der Waals surface area contributed by atoms with Crippen molar-refractivity contribution in [2.75, 3.05) is 27.4 Å². The lowest BCUT2D eigenvalue weighted by Crippen LogP contribution is -2.62. The SMILES string of the molecule is CC(=NC1C(C)OC(C(OCc2ccc(OCCF)cc2)C(F)(F)F)C(O)C1O)N(C)C. The Kier molecular flexibility index (Phi) is 9.26. The predicted octanol–water partition coefficient (Wildman–Crippen LogP) is 2.34. The molecule has 2 rings (SSSR count). The fourth-order valence-electron chi connectivity index (χ4n) is 3.25. The Morgan fingerprint density at radius 2 is 1.81 bits per heavy atom. The van der Waals surface area contributed by atoms with Crippen molar-refractivity contribution in [1.29, 1.82) is 0 Å². The largest absolute Gasteiger partial charge is 0.491 e. The Balaban J connectivity index is 2.13. The summed E-state index contributed by atoms with van der Waals surface area (Å²) in [4.78, 5) is 5.95. The van der Waals surface area contributed by atoms with Gasteiger partial charge in [-0.2, -0.15) is 13.2 Å². The normalized spacial score (nSPS) is 27.8. The van der Waals surface area contributed by atoms with Crippen LogP contribution >= 0.6 is 0 Å². The molecule has 1 saturated heterocycles. The van der Waals surface area contributed by atoms with E-state index in [9.17, 15) is 27.8 Å². The zero-order valence-corrected chi connectivity index (χ0v) is 18.4. The lowest BCUT2D eigenvalue weighted by Gasteiger charge is -2.43. The maximum atomic E-state index is 13.8. The summed E-state index contributed by atoms with van der Waals surface area (Å²) in [7, 11) is 3.46. The molecular weight excluding hydrogens is 436 g/mol. The summed E-state index contributed by atoms with van der Waals surface area (Å²) in [5.74, 6) is 0.902. The summed E-state index contributed by atoms with van der Waals surface area (Å²) in [5.41, 5.74) is 0.412. The van der Waals surface area contributed by atoms with Gasteiger partial charge >= 0.3 is 6.18 Å². The average molecular weight is 466 g/mol. The number of amidine groups is 1. The highest BCUT2D eigenvalue weighted by molar-refractivity contribution is 5.79. The van der Waals surface area contributed by atoms with E-state index in [-0.39, 0.29) is 6.61 Å². The van der Waals surface area contributed by atoms with Gasteiger partial charge in [0.2, 0.25) is 0 Å². The molecule has 6 atom stereocenters. The van der Waals surface area contributed by atoms with Crippen molar-refractivity contribution in [3.05, 3.63) is 29.8 Å². The van der Waals surface area contributed by atoms with Gasteiger partial charge in [0.1, 0.15) is 43.4 Å². The van der Waals surface area contributed by atoms with Crippen molar-refractivity contribution in [2.45, 2.75) is 63.2 Å². The van der Waals surface area contributed by atoms with Gasteiger partial charge in [-0.25, -0.2) is 4.39 Å². The highest BCUT2D eigenvalue weighted by Gasteiger charge is 2.54. The number of hydrogen-bond donors (Lipinski definition) is 2. The van der Waals surface area contributed by atoms with Crippen molar-refractivity contribution < 1.29 is 42.0 Å². The van der Waals surface area contributed by atoms with Crippen LogP contribution in [0.3, 0.4) is 0 Å². The minimum atomic E-state index is -4.86. The average Bonchev–Trinajstić information content (AvgIpc) is 2.72. The first kappa shape index (κ1) is 26.3. The quantitative estimate of drug-likeness (QED) is 0.348. The monoisotopic (exact) mass is 466 g/mol. The van der Waals surface area contributed by atoms with Gasteiger partial charge in [0, 0.05) is 14.1 Å². The van der Waals surface area contributed by atoms with Gasteiger partial charge in [0.25, 0.3) is 0 Å². The first-order chi connectivity index (χ1) is 15.0. The molecule has 1 aromatic rings. The highest BCUT2D eigenvalue weighted by atomic mass is 19.4. The molecule has 2 N–H and O–H groups in total. The Morgan fingerprint density at radius 3 is 2.34 bits per heavy atom. The topological polar surface area (TPSA) is 83.8 Å². The van der Waals surface area contributed by atoms with Gasteiger partial charge in [-0.05, 0) is 31.5 Å². The number of benzene rings is 1. The molecule has 0 spiro atoms. The summed E-state index contributed by atoms with van der Waals surface area (Å²) in [5, 5.41) is 20.9.